The van der Waals surface area contributed by atoms with E-state index in [4.69, 9.17) is 10.2 Å². The van der Waals surface area contributed by atoms with Gasteiger partial charge in [0.1, 0.15) is 12.6 Å². The Balaban J connectivity index is 3.97. The van der Waals surface area contributed by atoms with Crippen LogP contribution in [0.15, 0.2) is 0 Å². The Morgan fingerprint density at radius 2 is 1.93 bits per heavy atom. The zero-order valence-corrected chi connectivity index (χ0v) is 8.28. The van der Waals surface area contributed by atoms with E-state index in [0.717, 1.165) is 0 Å². The number of carbonyl (C=O) groups excluding carboxylic acids is 1. The van der Waals surface area contributed by atoms with Crippen LogP contribution in [0.3, 0.4) is 0 Å². The number of carboxylic acid groups (broad SMARTS) is 1. The first-order valence-electron chi connectivity index (χ1n) is 4.33. The van der Waals surface area contributed by atoms with E-state index in [2.05, 4.69) is 10.6 Å². The normalized spacial score (nSPS) is 12.6. The average molecular weight is 204 g/mol. The summed E-state index contributed by atoms with van der Waals surface area (Å²) in [4.78, 5) is 21.4. The highest BCUT2D eigenvalue weighted by Crippen LogP contribution is 1.86. The van der Waals surface area contributed by atoms with Crippen LogP contribution in [-0.2, 0) is 9.59 Å². The monoisotopic (exact) mass is 204 g/mol. The van der Waals surface area contributed by atoms with Crippen molar-refractivity contribution in [3.05, 3.63) is 0 Å². The molecule has 6 nitrogen and oxygen atoms in total. The molecule has 0 aromatic carbocycles. The van der Waals surface area contributed by atoms with Crippen LogP contribution < -0.4 is 10.6 Å². The molecule has 4 N–H and O–H groups in total. The van der Waals surface area contributed by atoms with Gasteiger partial charge in [0.05, 0.1) is 6.61 Å². The highest BCUT2D eigenvalue weighted by Gasteiger charge is 2.17. The molecule has 0 aliphatic rings. The number of hydrogen-bond donors (Lipinski definition) is 4. The summed E-state index contributed by atoms with van der Waals surface area (Å²) >= 11 is 0. The molecule has 0 heterocycles. The lowest BCUT2D eigenvalue weighted by Crippen LogP contribution is -2.49. The molecule has 1 atom stereocenters. The van der Waals surface area contributed by atoms with Gasteiger partial charge in [-0.05, 0) is 0 Å². The van der Waals surface area contributed by atoms with Crippen molar-refractivity contribution < 1.29 is 19.8 Å². The Morgan fingerprint density at radius 1 is 1.36 bits per heavy atom. The quantitative estimate of drug-likeness (QED) is 0.424. The van der Waals surface area contributed by atoms with Crippen molar-refractivity contribution in [2.24, 2.45) is 0 Å². The number of aliphatic hydroxyl groups excluding tert-OH is 1. The molecular formula is C8H16N2O4. The molecule has 0 rings (SSSR count). The molecule has 0 aromatic heterocycles. The Bertz CT molecular complexity index is 206. The number of nitrogens with one attached hydrogen (secondary N) is 2. The fourth-order valence-corrected chi connectivity index (χ4v) is 0.900. The summed E-state index contributed by atoms with van der Waals surface area (Å²) < 4.78 is 0. The fraction of sp³-hybridized carbons (Fsp3) is 0.750. The zero-order valence-electron chi connectivity index (χ0n) is 8.28. The zero-order chi connectivity index (χ0) is 11.1. The minimum absolute atomic E-state index is 0.0442. The molecule has 0 aliphatic carbocycles. The maximum atomic E-state index is 11.2. The van der Waals surface area contributed by atoms with Gasteiger partial charge in [-0.2, -0.15) is 0 Å². The van der Waals surface area contributed by atoms with Gasteiger partial charge in [-0.1, -0.05) is 13.8 Å². The number of carboxylic acids is 1. The van der Waals surface area contributed by atoms with Gasteiger partial charge in [-0.15, -0.1) is 0 Å². The maximum absolute atomic E-state index is 11.2. The van der Waals surface area contributed by atoms with Crippen LogP contribution in [0.1, 0.15) is 13.8 Å². The van der Waals surface area contributed by atoms with Crippen LogP contribution in [0, 0.1) is 0 Å². The van der Waals surface area contributed by atoms with Crippen molar-refractivity contribution in [2.75, 3.05) is 13.2 Å². The fourth-order valence-electron chi connectivity index (χ4n) is 0.900. The Morgan fingerprint density at radius 3 is 2.29 bits per heavy atom. The number of aliphatic hydroxyl groups is 1. The summed E-state index contributed by atoms with van der Waals surface area (Å²) in [5.41, 5.74) is 0. The molecular weight excluding hydrogens is 188 g/mol. The van der Waals surface area contributed by atoms with Gasteiger partial charge in [-0.3, -0.25) is 9.59 Å². The predicted octanol–water partition coefficient (Wildman–Crippen LogP) is -1.45. The third-order valence-corrected chi connectivity index (χ3v) is 1.45. The second-order valence-electron chi connectivity index (χ2n) is 3.17. The highest BCUT2D eigenvalue weighted by atomic mass is 16.4. The van der Waals surface area contributed by atoms with Crippen LogP contribution in [-0.4, -0.2) is 47.3 Å². The minimum atomic E-state index is -1.11. The van der Waals surface area contributed by atoms with E-state index in [1.54, 1.807) is 0 Å². The maximum Gasteiger partial charge on any atom is 0.322 e. The van der Waals surface area contributed by atoms with E-state index in [9.17, 15) is 9.59 Å². The molecule has 0 unspecified atom stereocenters. The third-order valence-electron chi connectivity index (χ3n) is 1.45. The minimum Gasteiger partial charge on any atom is -0.480 e. The second kappa shape index (κ2) is 6.33. The summed E-state index contributed by atoms with van der Waals surface area (Å²) in [6.07, 6.45) is 0. The largest absolute Gasteiger partial charge is 0.480 e. The number of aliphatic carboxylic acids is 1. The van der Waals surface area contributed by atoms with E-state index < -0.39 is 24.5 Å². The SMILES string of the molecule is CC(C)N[C@H](CO)C(=O)NCC(=O)O. The summed E-state index contributed by atoms with van der Waals surface area (Å²) in [6.45, 7) is 2.86. The van der Waals surface area contributed by atoms with Gasteiger partial charge in [0, 0.05) is 6.04 Å². The molecule has 0 aromatic rings. The third kappa shape index (κ3) is 5.50. The smallest absolute Gasteiger partial charge is 0.322 e. The van der Waals surface area contributed by atoms with Crippen molar-refractivity contribution >= 4 is 11.9 Å². The van der Waals surface area contributed by atoms with Gasteiger partial charge in [0.2, 0.25) is 5.91 Å². The van der Waals surface area contributed by atoms with Crippen LogP contribution >= 0.6 is 0 Å². The van der Waals surface area contributed by atoms with Crippen molar-refractivity contribution in [3.8, 4) is 0 Å². The first kappa shape index (κ1) is 12.9. The average Bonchev–Trinajstić information content (AvgIpc) is 2.09. The standard InChI is InChI=1S/C8H16N2O4/c1-5(2)10-6(4-11)8(14)9-3-7(12)13/h5-6,10-11H,3-4H2,1-2H3,(H,9,14)(H,12,13)/t6-/m1/s1. The molecule has 82 valence electrons. The number of amides is 1. The van der Waals surface area contributed by atoms with E-state index in [1.165, 1.54) is 0 Å². The highest BCUT2D eigenvalue weighted by molar-refractivity contribution is 5.85. The molecule has 0 fully saturated rings. The summed E-state index contributed by atoms with van der Waals surface area (Å²) in [6, 6.07) is -0.711. The van der Waals surface area contributed by atoms with Gasteiger partial charge in [-0.25, -0.2) is 0 Å². The summed E-state index contributed by atoms with van der Waals surface area (Å²) in [5.74, 6) is -1.62. The van der Waals surface area contributed by atoms with Crippen LogP contribution in [0.5, 0.6) is 0 Å². The van der Waals surface area contributed by atoms with Gasteiger partial charge < -0.3 is 20.8 Å². The van der Waals surface area contributed by atoms with Crippen molar-refractivity contribution in [2.45, 2.75) is 25.9 Å². The second-order valence-corrected chi connectivity index (χ2v) is 3.17. The predicted molar refractivity (Wildman–Crippen MR) is 49.8 cm³/mol. The number of hydrogen-bond acceptors (Lipinski definition) is 4. The first-order chi connectivity index (χ1) is 6.47. The lowest BCUT2D eigenvalue weighted by atomic mass is 10.2. The van der Waals surface area contributed by atoms with E-state index >= 15 is 0 Å². The molecule has 0 bridgehead atoms. The first-order valence-corrected chi connectivity index (χ1v) is 4.33. The van der Waals surface area contributed by atoms with Crippen molar-refractivity contribution in [1.82, 2.24) is 10.6 Å². The molecule has 1 amide bonds. The lowest BCUT2D eigenvalue weighted by molar-refractivity contribution is -0.138. The van der Waals surface area contributed by atoms with Gasteiger partial charge in [0.15, 0.2) is 0 Å². The van der Waals surface area contributed by atoms with Gasteiger partial charge >= 0.3 is 5.97 Å². The van der Waals surface area contributed by atoms with Crippen LogP contribution in [0.4, 0.5) is 0 Å². The molecule has 6 heteroatoms. The topological polar surface area (TPSA) is 98.7 Å². The Labute approximate surface area is 82.3 Å². The van der Waals surface area contributed by atoms with Crippen LogP contribution in [0.25, 0.3) is 0 Å². The Kier molecular flexibility index (Phi) is 5.82. The van der Waals surface area contributed by atoms with Crippen molar-refractivity contribution in [1.29, 1.82) is 0 Å². The molecule has 0 saturated heterocycles. The molecule has 14 heavy (non-hydrogen) atoms. The van der Waals surface area contributed by atoms with E-state index in [0.29, 0.717) is 0 Å². The van der Waals surface area contributed by atoms with Crippen LogP contribution in [0.2, 0.25) is 0 Å². The van der Waals surface area contributed by atoms with E-state index in [-0.39, 0.29) is 12.6 Å². The molecule has 0 spiro atoms. The van der Waals surface area contributed by atoms with Gasteiger partial charge in [0.25, 0.3) is 0 Å². The lowest BCUT2D eigenvalue weighted by Gasteiger charge is -2.17. The Hall–Kier alpha value is -1.14. The van der Waals surface area contributed by atoms with Crippen molar-refractivity contribution in [3.63, 3.8) is 0 Å². The van der Waals surface area contributed by atoms with E-state index in [1.807, 2.05) is 13.8 Å². The molecule has 0 radical (unpaired) electrons. The number of rotatable bonds is 6. The number of carbonyl (C=O) groups is 2. The summed E-state index contributed by atoms with van der Waals surface area (Å²) in [7, 11) is 0. The molecule has 0 aliphatic heterocycles. The molecule has 0 saturated carbocycles. The summed E-state index contributed by atoms with van der Waals surface area (Å²) in [5, 5.41) is 22.1.